The van der Waals surface area contributed by atoms with Gasteiger partial charge in [0.05, 0.1) is 0 Å². The van der Waals surface area contributed by atoms with Crippen molar-refractivity contribution in [3.8, 4) is 5.75 Å². The van der Waals surface area contributed by atoms with E-state index in [0.29, 0.717) is 18.3 Å². The fourth-order valence-corrected chi connectivity index (χ4v) is 3.56. The summed E-state index contributed by atoms with van der Waals surface area (Å²) in [5.74, 6) is 0.790. The normalized spacial score (nSPS) is 19.0. The van der Waals surface area contributed by atoms with Gasteiger partial charge < -0.3 is 20.4 Å². The van der Waals surface area contributed by atoms with Crippen molar-refractivity contribution in [3.05, 3.63) is 42.0 Å². The van der Waals surface area contributed by atoms with Gasteiger partial charge in [-0.15, -0.1) is 0 Å². The zero-order valence-corrected chi connectivity index (χ0v) is 14.2. The molecule has 2 aromatic rings. The summed E-state index contributed by atoms with van der Waals surface area (Å²) < 4.78 is 0. The van der Waals surface area contributed by atoms with E-state index in [-0.39, 0.29) is 0 Å². The van der Waals surface area contributed by atoms with Crippen LogP contribution in [0.4, 0.5) is 0 Å². The molecule has 0 spiro atoms. The van der Waals surface area contributed by atoms with Crippen molar-refractivity contribution < 1.29 is 10.2 Å². The molecule has 0 saturated carbocycles. The summed E-state index contributed by atoms with van der Waals surface area (Å²) in [6, 6.07) is 11.9. The van der Waals surface area contributed by atoms with Gasteiger partial charge in [-0.2, -0.15) is 0 Å². The molecule has 1 aliphatic heterocycles. The molecule has 1 aliphatic rings. The SMILES string of the molecule is OC[C@H]1CCCN(CCCNCc2ccc3cc(O)ccc3c2)C1. The molecule has 4 nitrogen and oxygen atoms in total. The molecule has 1 heterocycles. The van der Waals surface area contributed by atoms with Crippen LogP contribution in [-0.2, 0) is 6.54 Å². The number of aliphatic hydroxyl groups excluding tert-OH is 1. The first-order valence-electron chi connectivity index (χ1n) is 9.00. The first kappa shape index (κ1) is 17.2. The number of nitrogens with zero attached hydrogens (tertiary/aromatic N) is 1. The summed E-state index contributed by atoms with van der Waals surface area (Å²) in [7, 11) is 0. The van der Waals surface area contributed by atoms with E-state index in [1.807, 2.05) is 6.07 Å². The molecule has 3 rings (SSSR count). The highest BCUT2D eigenvalue weighted by Crippen LogP contribution is 2.21. The summed E-state index contributed by atoms with van der Waals surface area (Å²) in [5, 5.41) is 24.5. The number of piperidine rings is 1. The molecule has 4 heteroatoms. The zero-order chi connectivity index (χ0) is 16.8. The van der Waals surface area contributed by atoms with Crippen LogP contribution >= 0.6 is 0 Å². The highest BCUT2D eigenvalue weighted by molar-refractivity contribution is 5.84. The van der Waals surface area contributed by atoms with Crippen LogP contribution < -0.4 is 5.32 Å². The van der Waals surface area contributed by atoms with E-state index >= 15 is 0 Å². The number of hydrogen-bond donors (Lipinski definition) is 3. The molecule has 24 heavy (non-hydrogen) atoms. The minimum absolute atomic E-state index is 0.314. The third kappa shape index (κ3) is 4.69. The summed E-state index contributed by atoms with van der Waals surface area (Å²) in [6.07, 6.45) is 3.52. The van der Waals surface area contributed by atoms with Crippen molar-refractivity contribution in [1.29, 1.82) is 0 Å². The standard InChI is InChI=1S/C20H28N2O2/c23-15-17-3-1-9-22(14-17)10-2-8-21-13-16-4-5-19-12-20(24)7-6-18(19)11-16/h4-7,11-12,17,21,23-24H,1-3,8-10,13-15H2/t17-/m0/s1. The zero-order valence-electron chi connectivity index (χ0n) is 14.2. The molecule has 2 aromatic carbocycles. The molecule has 0 unspecified atom stereocenters. The molecule has 0 radical (unpaired) electrons. The Kier molecular flexibility index (Phi) is 6.07. The molecule has 3 N–H and O–H groups in total. The van der Waals surface area contributed by atoms with E-state index in [0.717, 1.165) is 43.4 Å². The topological polar surface area (TPSA) is 55.7 Å². The number of aliphatic hydroxyl groups is 1. The van der Waals surface area contributed by atoms with Crippen LogP contribution in [0.5, 0.6) is 5.75 Å². The van der Waals surface area contributed by atoms with Gasteiger partial charge in [0.25, 0.3) is 0 Å². The third-order valence-corrected chi connectivity index (χ3v) is 4.91. The average Bonchev–Trinajstić information content (AvgIpc) is 2.61. The lowest BCUT2D eigenvalue weighted by Crippen LogP contribution is -2.38. The molecular formula is C20H28N2O2. The Morgan fingerprint density at radius 3 is 2.83 bits per heavy atom. The Hall–Kier alpha value is -1.62. The van der Waals surface area contributed by atoms with Crippen molar-refractivity contribution in [1.82, 2.24) is 10.2 Å². The highest BCUT2D eigenvalue weighted by Gasteiger charge is 2.18. The van der Waals surface area contributed by atoms with E-state index in [4.69, 9.17) is 0 Å². The van der Waals surface area contributed by atoms with Crippen molar-refractivity contribution in [3.63, 3.8) is 0 Å². The summed E-state index contributed by atoms with van der Waals surface area (Å²) in [5.41, 5.74) is 1.27. The van der Waals surface area contributed by atoms with Gasteiger partial charge in [-0.3, -0.25) is 0 Å². The lowest BCUT2D eigenvalue weighted by atomic mass is 9.99. The van der Waals surface area contributed by atoms with Gasteiger partial charge in [-0.05, 0) is 79.3 Å². The number of fused-ring (bicyclic) bond motifs is 1. The molecule has 130 valence electrons. The molecule has 0 aliphatic carbocycles. The van der Waals surface area contributed by atoms with Crippen LogP contribution in [0, 0.1) is 5.92 Å². The minimum atomic E-state index is 0.314. The second kappa shape index (κ2) is 8.47. The second-order valence-electron chi connectivity index (χ2n) is 6.89. The second-order valence-corrected chi connectivity index (χ2v) is 6.89. The van der Waals surface area contributed by atoms with Crippen LogP contribution in [0.25, 0.3) is 10.8 Å². The van der Waals surface area contributed by atoms with Crippen molar-refractivity contribution in [2.75, 3.05) is 32.8 Å². The fraction of sp³-hybridized carbons (Fsp3) is 0.500. The molecule has 0 aromatic heterocycles. The van der Waals surface area contributed by atoms with Gasteiger partial charge in [-0.1, -0.05) is 18.2 Å². The van der Waals surface area contributed by atoms with E-state index in [1.165, 1.54) is 24.9 Å². The van der Waals surface area contributed by atoms with E-state index in [9.17, 15) is 10.2 Å². The highest BCUT2D eigenvalue weighted by atomic mass is 16.3. The predicted octanol–water partition coefficient (Wildman–Crippen LogP) is 2.73. The maximum absolute atomic E-state index is 9.51. The van der Waals surface area contributed by atoms with Crippen molar-refractivity contribution in [2.24, 2.45) is 5.92 Å². The minimum Gasteiger partial charge on any atom is -0.508 e. The number of phenols is 1. The Labute approximate surface area is 144 Å². The molecular weight excluding hydrogens is 300 g/mol. The summed E-state index contributed by atoms with van der Waals surface area (Å²) in [6.45, 7) is 5.54. The van der Waals surface area contributed by atoms with Crippen LogP contribution in [0.15, 0.2) is 36.4 Å². The maximum Gasteiger partial charge on any atom is 0.116 e. The average molecular weight is 328 g/mol. The van der Waals surface area contributed by atoms with Crippen LogP contribution in [0.3, 0.4) is 0 Å². The predicted molar refractivity (Wildman–Crippen MR) is 98.2 cm³/mol. The van der Waals surface area contributed by atoms with Crippen LogP contribution in [0.1, 0.15) is 24.8 Å². The van der Waals surface area contributed by atoms with Crippen LogP contribution in [0.2, 0.25) is 0 Å². The van der Waals surface area contributed by atoms with Gasteiger partial charge in [-0.25, -0.2) is 0 Å². The number of rotatable bonds is 7. The summed E-state index contributed by atoms with van der Waals surface area (Å²) >= 11 is 0. The van der Waals surface area contributed by atoms with E-state index < -0.39 is 0 Å². The Bertz CT molecular complexity index is 659. The number of aromatic hydroxyl groups is 1. The lowest BCUT2D eigenvalue weighted by molar-refractivity contribution is 0.119. The first-order chi connectivity index (χ1) is 11.7. The maximum atomic E-state index is 9.51. The smallest absolute Gasteiger partial charge is 0.116 e. The van der Waals surface area contributed by atoms with Gasteiger partial charge in [0, 0.05) is 19.7 Å². The summed E-state index contributed by atoms with van der Waals surface area (Å²) in [4.78, 5) is 2.48. The molecule has 1 fully saturated rings. The number of benzene rings is 2. The molecule has 0 bridgehead atoms. The Morgan fingerprint density at radius 1 is 1.12 bits per heavy atom. The molecule has 0 amide bonds. The van der Waals surface area contributed by atoms with E-state index in [2.05, 4.69) is 28.4 Å². The van der Waals surface area contributed by atoms with E-state index in [1.54, 1.807) is 12.1 Å². The molecule has 1 saturated heterocycles. The quantitative estimate of drug-likeness (QED) is 0.684. The number of nitrogens with one attached hydrogen (secondary N) is 1. The Balaban J connectivity index is 1.39. The monoisotopic (exact) mass is 328 g/mol. The van der Waals surface area contributed by atoms with Gasteiger partial charge >= 0.3 is 0 Å². The van der Waals surface area contributed by atoms with Gasteiger partial charge in [0.1, 0.15) is 5.75 Å². The van der Waals surface area contributed by atoms with Crippen LogP contribution in [-0.4, -0.2) is 47.9 Å². The Morgan fingerprint density at radius 2 is 1.96 bits per heavy atom. The number of phenolic OH excluding ortho intramolecular Hbond substituents is 1. The van der Waals surface area contributed by atoms with Crippen molar-refractivity contribution >= 4 is 10.8 Å². The number of likely N-dealkylation sites (tertiary alicyclic amines) is 1. The largest absolute Gasteiger partial charge is 0.508 e. The van der Waals surface area contributed by atoms with Gasteiger partial charge in [0.15, 0.2) is 0 Å². The third-order valence-electron chi connectivity index (χ3n) is 4.91. The lowest BCUT2D eigenvalue weighted by Gasteiger charge is -2.31. The molecule has 1 atom stereocenters. The number of hydrogen-bond acceptors (Lipinski definition) is 4. The van der Waals surface area contributed by atoms with Gasteiger partial charge in [0.2, 0.25) is 0 Å². The van der Waals surface area contributed by atoms with Crippen molar-refractivity contribution in [2.45, 2.75) is 25.8 Å². The first-order valence-corrected chi connectivity index (χ1v) is 9.00. The fourth-order valence-electron chi connectivity index (χ4n) is 3.56.